The van der Waals surface area contributed by atoms with Crippen LogP contribution in [-0.2, 0) is 52.4 Å². The number of aliphatic hydroxyl groups excluding tert-OH is 2. The fourth-order valence-electron chi connectivity index (χ4n) is 10.1. The maximum atomic E-state index is 15.1. The van der Waals surface area contributed by atoms with E-state index in [9.17, 15) is 44.1 Å². The van der Waals surface area contributed by atoms with Crippen LogP contribution in [-0.4, -0.2) is 117 Å². The SMILES string of the molecule is CC(=O)CCC(=O)O[C@@H](C(=O)O[C@H]1C[C@@]2(O)[C@@H](OC(=O)c3ccccc3)[C@@H]3[C@]4(OC(C)=O)CO[C@@H]4C[C@H](O)[C@@]3(C)C(=O)[C@H](O)C(=C1C)C2(C)C)[C@@H](NC(=O)OC(C)(C)C)c1ccccc1. The Morgan fingerprint density at radius 1 is 0.908 bits per heavy atom. The Morgan fingerprint density at radius 3 is 2.08 bits per heavy atom. The molecule has 2 aromatic rings. The van der Waals surface area contributed by atoms with Gasteiger partial charge in [-0.05, 0) is 70.4 Å². The Hall–Kier alpha value is -5.49. The molecular formula is C48H59NO16. The molecule has 1 amide bonds. The van der Waals surface area contributed by atoms with Crippen molar-refractivity contribution in [2.45, 2.75) is 147 Å². The lowest BCUT2D eigenvalue weighted by Crippen LogP contribution is -2.81. The van der Waals surface area contributed by atoms with Gasteiger partial charge in [-0.2, -0.15) is 0 Å². The summed E-state index contributed by atoms with van der Waals surface area (Å²) in [5.41, 5.74) is -8.66. The van der Waals surface area contributed by atoms with Crippen molar-refractivity contribution in [1.29, 1.82) is 0 Å². The number of Topliss-reactive ketones (excluding diaryl/α,β-unsaturated/α-hetero) is 2. The summed E-state index contributed by atoms with van der Waals surface area (Å²) in [6, 6.07) is 14.3. The molecule has 1 saturated heterocycles. The van der Waals surface area contributed by atoms with E-state index < -0.39 is 125 Å². The van der Waals surface area contributed by atoms with Crippen molar-refractivity contribution >= 4 is 41.5 Å². The van der Waals surface area contributed by atoms with Crippen LogP contribution in [0.1, 0.15) is 110 Å². The second-order valence-electron chi connectivity index (χ2n) is 19.2. The Bertz CT molecular complexity index is 2230. The molecule has 352 valence electrons. The predicted octanol–water partition coefficient (Wildman–Crippen LogP) is 4.18. The minimum absolute atomic E-state index is 0.0490. The van der Waals surface area contributed by atoms with Crippen LogP contribution in [0, 0.1) is 16.7 Å². The molecule has 17 nitrogen and oxygen atoms in total. The number of ketones is 2. The summed E-state index contributed by atoms with van der Waals surface area (Å²) in [4.78, 5) is 95.9. The van der Waals surface area contributed by atoms with E-state index in [4.69, 9.17) is 28.4 Å². The highest BCUT2D eigenvalue weighted by Gasteiger charge is 2.78. The Balaban J connectivity index is 1.52. The number of fused-ring (bicyclic) bond motifs is 5. The number of carbonyl (C=O) groups excluding carboxylic acids is 7. The molecule has 4 aliphatic rings. The van der Waals surface area contributed by atoms with Gasteiger partial charge in [0.2, 0.25) is 6.10 Å². The quantitative estimate of drug-likeness (QED) is 0.133. The summed E-state index contributed by atoms with van der Waals surface area (Å²) in [5, 5.41) is 40.6. The van der Waals surface area contributed by atoms with Crippen LogP contribution in [0.25, 0.3) is 0 Å². The Labute approximate surface area is 377 Å². The topological polar surface area (TPSA) is 248 Å². The van der Waals surface area contributed by atoms with E-state index in [0.717, 1.165) is 6.92 Å². The number of benzene rings is 2. The number of hydrogen-bond donors (Lipinski definition) is 4. The van der Waals surface area contributed by atoms with Crippen molar-refractivity contribution < 1.29 is 77.3 Å². The van der Waals surface area contributed by atoms with Gasteiger partial charge >= 0.3 is 30.0 Å². The molecular weight excluding hydrogens is 847 g/mol. The fraction of sp³-hybridized carbons (Fsp3) is 0.562. The highest BCUT2D eigenvalue weighted by atomic mass is 16.6. The van der Waals surface area contributed by atoms with Gasteiger partial charge in [0.05, 0.1) is 36.0 Å². The minimum Gasteiger partial charge on any atom is -0.455 e. The third-order valence-electron chi connectivity index (χ3n) is 13.5. The van der Waals surface area contributed by atoms with Crippen LogP contribution >= 0.6 is 0 Å². The van der Waals surface area contributed by atoms with Gasteiger partial charge in [0.25, 0.3) is 0 Å². The lowest BCUT2D eigenvalue weighted by molar-refractivity contribution is -0.346. The van der Waals surface area contributed by atoms with E-state index in [1.165, 1.54) is 46.8 Å². The first-order valence-corrected chi connectivity index (χ1v) is 21.6. The van der Waals surface area contributed by atoms with Crippen LogP contribution in [0.2, 0.25) is 0 Å². The number of carbonyl (C=O) groups is 7. The molecule has 0 unspecified atom stereocenters. The van der Waals surface area contributed by atoms with E-state index in [0.29, 0.717) is 0 Å². The van der Waals surface area contributed by atoms with Gasteiger partial charge in [-0.1, -0.05) is 62.4 Å². The first-order chi connectivity index (χ1) is 30.3. The second kappa shape index (κ2) is 18.1. The molecule has 3 fully saturated rings. The van der Waals surface area contributed by atoms with Crippen molar-refractivity contribution in [3.8, 4) is 0 Å². The number of ether oxygens (including phenoxy) is 6. The molecule has 0 aromatic heterocycles. The van der Waals surface area contributed by atoms with Crippen molar-refractivity contribution in [1.82, 2.24) is 5.32 Å². The zero-order chi connectivity index (χ0) is 48.0. The summed E-state index contributed by atoms with van der Waals surface area (Å²) in [5.74, 6) is -6.86. The molecule has 17 heteroatoms. The maximum Gasteiger partial charge on any atom is 0.408 e. The predicted molar refractivity (Wildman–Crippen MR) is 227 cm³/mol. The summed E-state index contributed by atoms with van der Waals surface area (Å²) in [6.45, 7) is 12.8. The highest BCUT2D eigenvalue weighted by molar-refractivity contribution is 5.94. The number of aliphatic hydroxyl groups is 3. The van der Waals surface area contributed by atoms with Crippen LogP contribution in [0.15, 0.2) is 71.8 Å². The molecule has 2 saturated carbocycles. The van der Waals surface area contributed by atoms with Gasteiger partial charge < -0.3 is 53.9 Å². The summed E-state index contributed by atoms with van der Waals surface area (Å²) in [7, 11) is 0. The fourth-order valence-corrected chi connectivity index (χ4v) is 10.1. The molecule has 11 atom stereocenters. The van der Waals surface area contributed by atoms with Crippen molar-refractivity contribution in [2.24, 2.45) is 16.7 Å². The molecule has 6 rings (SSSR count). The van der Waals surface area contributed by atoms with E-state index in [1.807, 2.05) is 0 Å². The first-order valence-electron chi connectivity index (χ1n) is 21.6. The number of alkyl carbamates (subject to hydrolysis) is 1. The van der Waals surface area contributed by atoms with Crippen LogP contribution in [0.4, 0.5) is 4.79 Å². The smallest absolute Gasteiger partial charge is 0.408 e. The standard InChI is InChI=1S/C48H59NO16/c1-25(50)20-21-33(53)62-37(35(28-16-12-10-13-17-28)49-43(58)65-44(4,5)6)42(57)61-30-23-48(59)40(63-41(56)29-18-14-11-15-19-29)38-46(9,39(55)36(54)34(26(30)2)45(48,7)8)31(52)22-32-47(38,24-60-32)64-27(3)51/h10-19,30-32,35-38,40,52,54,59H,20-24H2,1-9H3,(H,49,58)/t30-,31-,32+,35-,36+,37+,38-,40-,46+,47-,48+/m0/s1. The van der Waals surface area contributed by atoms with Crippen LogP contribution in [0.3, 0.4) is 0 Å². The highest BCUT2D eigenvalue weighted by Crippen LogP contribution is 2.64. The number of esters is 4. The van der Waals surface area contributed by atoms with E-state index in [2.05, 4.69) is 5.32 Å². The Kier molecular flexibility index (Phi) is 13.6. The largest absolute Gasteiger partial charge is 0.455 e. The molecule has 4 N–H and O–H groups in total. The number of nitrogens with one attached hydrogen (secondary N) is 1. The van der Waals surface area contributed by atoms with Gasteiger partial charge in [0, 0.05) is 31.6 Å². The van der Waals surface area contributed by atoms with Crippen LogP contribution < -0.4 is 5.32 Å². The third-order valence-corrected chi connectivity index (χ3v) is 13.5. The normalized spacial score (nSPS) is 31.2. The maximum absolute atomic E-state index is 15.1. The van der Waals surface area contributed by atoms with Gasteiger partial charge in [-0.15, -0.1) is 0 Å². The molecule has 2 aromatic carbocycles. The second-order valence-corrected chi connectivity index (χ2v) is 19.2. The zero-order valence-electron chi connectivity index (χ0n) is 38.1. The summed E-state index contributed by atoms with van der Waals surface area (Å²) < 4.78 is 35.7. The number of rotatable bonds is 12. The average Bonchev–Trinajstić information content (AvgIpc) is 3.22. The van der Waals surface area contributed by atoms with Gasteiger partial charge in [0.15, 0.2) is 11.4 Å². The van der Waals surface area contributed by atoms with E-state index >= 15 is 4.79 Å². The lowest BCUT2D eigenvalue weighted by atomic mass is 9.44. The molecule has 0 spiro atoms. The van der Waals surface area contributed by atoms with Crippen molar-refractivity contribution in [3.63, 3.8) is 0 Å². The third kappa shape index (κ3) is 9.07. The number of amides is 1. The number of hydrogen-bond acceptors (Lipinski definition) is 16. The van der Waals surface area contributed by atoms with Gasteiger partial charge in [-0.3, -0.25) is 14.4 Å². The average molecular weight is 906 g/mol. The van der Waals surface area contributed by atoms with Crippen LogP contribution in [0.5, 0.6) is 0 Å². The van der Waals surface area contributed by atoms with Gasteiger partial charge in [-0.25, -0.2) is 14.4 Å². The molecule has 1 heterocycles. The first kappa shape index (κ1) is 49.0. The molecule has 1 aliphatic heterocycles. The Morgan fingerprint density at radius 2 is 1.52 bits per heavy atom. The summed E-state index contributed by atoms with van der Waals surface area (Å²) in [6.07, 6.45) is -12.5. The van der Waals surface area contributed by atoms with Gasteiger partial charge in [0.1, 0.15) is 47.4 Å². The van der Waals surface area contributed by atoms with Crippen molar-refractivity contribution in [3.05, 3.63) is 82.9 Å². The minimum atomic E-state index is -2.43. The molecule has 2 bridgehead atoms. The summed E-state index contributed by atoms with van der Waals surface area (Å²) >= 11 is 0. The monoisotopic (exact) mass is 905 g/mol. The van der Waals surface area contributed by atoms with Crippen molar-refractivity contribution in [2.75, 3.05) is 6.61 Å². The van der Waals surface area contributed by atoms with E-state index in [1.54, 1.807) is 69.3 Å². The lowest BCUT2D eigenvalue weighted by Gasteiger charge is -2.67. The zero-order valence-corrected chi connectivity index (χ0v) is 38.1. The molecule has 65 heavy (non-hydrogen) atoms. The molecule has 0 radical (unpaired) electrons. The van der Waals surface area contributed by atoms with E-state index in [-0.39, 0.29) is 47.5 Å². The molecule has 3 aliphatic carbocycles.